The lowest BCUT2D eigenvalue weighted by Crippen LogP contribution is -2.38. The smallest absolute Gasteiger partial charge is 0.0312 e. The molecular formula is C16H25N3. The average molecular weight is 259 g/mol. The van der Waals surface area contributed by atoms with Gasteiger partial charge in [-0.3, -0.25) is 9.88 Å². The summed E-state index contributed by atoms with van der Waals surface area (Å²) in [6, 6.07) is 5.03. The lowest BCUT2D eigenvalue weighted by atomic mass is 9.85. The zero-order valence-electron chi connectivity index (χ0n) is 11.7. The van der Waals surface area contributed by atoms with Crippen LogP contribution in [-0.4, -0.2) is 35.6 Å². The fourth-order valence-electron chi connectivity index (χ4n) is 3.74. The average Bonchev–Trinajstić information content (AvgIpc) is 2.88. The second-order valence-corrected chi connectivity index (χ2v) is 5.97. The number of fused-ring (bicyclic) bond motifs is 1. The van der Waals surface area contributed by atoms with Crippen molar-refractivity contribution in [3.8, 4) is 0 Å². The van der Waals surface area contributed by atoms with Crippen molar-refractivity contribution >= 4 is 0 Å². The number of hydrogen-bond acceptors (Lipinski definition) is 3. The summed E-state index contributed by atoms with van der Waals surface area (Å²) in [5, 5.41) is 3.54. The molecule has 104 valence electrons. The normalized spacial score (nSPS) is 27.4. The highest BCUT2D eigenvalue weighted by Crippen LogP contribution is 2.35. The first-order chi connectivity index (χ1) is 9.43. The van der Waals surface area contributed by atoms with Crippen molar-refractivity contribution in [3.63, 3.8) is 0 Å². The van der Waals surface area contributed by atoms with Gasteiger partial charge < -0.3 is 5.32 Å². The van der Waals surface area contributed by atoms with Crippen LogP contribution in [0.2, 0.25) is 0 Å². The molecule has 3 nitrogen and oxygen atoms in total. The Morgan fingerprint density at radius 3 is 3.11 bits per heavy atom. The topological polar surface area (TPSA) is 28.2 Å². The van der Waals surface area contributed by atoms with E-state index in [0.29, 0.717) is 0 Å². The van der Waals surface area contributed by atoms with E-state index in [1.807, 2.05) is 18.5 Å². The van der Waals surface area contributed by atoms with E-state index in [4.69, 9.17) is 0 Å². The third kappa shape index (κ3) is 3.34. The Balaban J connectivity index is 1.38. The first kappa shape index (κ1) is 13.1. The van der Waals surface area contributed by atoms with Crippen molar-refractivity contribution in [2.75, 3.05) is 19.6 Å². The van der Waals surface area contributed by atoms with E-state index in [2.05, 4.69) is 21.3 Å². The van der Waals surface area contributed by atoms with Crippen LogP contribution < -0.4 is 5.32 Å². The predicted molar refractivity (Wildman–Crippen MR) is 77.9 cm³/mol. The minimum Gasteiger partial charge on any atom is -0.311 e. The van der Waals surface area contributed by atoms with Crippen LogP contribution in [0.25, 0.3) is 0 Å². The molecule has 0 aromatic carbocycles. The standard InChI is InChI=1S/C16H25N3/c1-2-6-16-15(5-1)7-10-19(16)11-9-18-13-14-4-3-8-17-12-14/h3-4,8,12,15-16,18H,1-2,5-7,9-11,13H2. The van der Waals surface area contributed by atoms with Gasteiger partial charge in [0.25, 0.3) is 0 Å². The molecule has 0 bridgehead atoms. The molecule has 1 aliphatic heterocycles. The Morgan fingerprint density at radius 1 is 1.26 bits per heavy atom. The molecule has 1 aromatic rings. The molecule has 2 fully saturated rings. The summed E-state index contributed by atoms with van der Waals surface area (Å²) in [7, 11) is 0. The van der Waals surface area contributed by atoms with Crippen LogP contribution in [0, 0.1) is 5.92 Å². The molecule has 2 atom stereocenters. The van der Waals surface area contributed by atoms with E-state index in [-0.39, 0.29) is 0 Å². The first-order valence-electron chi connectivity index (χ1n) is 7.77. The van der Waals surface area contributed by atoms with Gasteiger partial charge in [-0.1, -0.05) is 18.9 Å². The third-order valence-electron chi connectivity index (χ3n) is 4.75. The molecule has 19 heavy (non-hydrogen) atoms. The Bertz CT molecular complexity index is 379. The zero-order chi connectivity index (χ0) is 12.9. The summed E-state index contributed by atoms with van der Waals surface area (Å²) in [6.07, 6.45) is 11.0. The monoisotopic (exact) mass is 259 g/mol. The van der Waals surface area contributed by atoms with E-state index >= 15 is 0 Å². The van der Waals surface area contributed by atoms with Gasteiger partial charge >= 0.3 is 0 Å². The minimum atomic E-state index is 0.897. The highest BCUT2D eigenvalue weighted by Gasteiger charge is 2.34. The van der Waals surface area contributed by atoms with Crippen LogP contribution in [0.1, 0.15) is 37.7 Å². The van der Waals surface area contributed by atoms with E-state index in [9.17, 15) is 0 Å². The van der Waals surface area contributed by atoms with E-state index < -0.39 is 0 Å². The molecule has 0 spiro atoms. The number of hydrogen-bond donors (Lipinski definition) is 1. The highest BCUT2D eigenvalue weighted by atomic mass is 15.2. The van der Waals surface area contributed by atoms with Crippen molar-refractivity contribution in [2.45, 2.75) is 44.7 Å². The number of nitrogens with one attached hydrogen (secondary N) is 1. The summed E-state index contributed by atoms with van der Waals surface area (Å²) in [6.45, 7) is 4.57. The van der Waals surface area contributed by atoms with E-state index in [1.165, 1.54) is 50.8 Å². The molecule has 1 aromatic heterocycles. The van der Waals surface area contributed by atoms with Crippen molar-refractivity contribution in [3.05, 3.63) is 30.1 Å². The van der Waals surface area contributed by atoms with Crippen LogP contribution in [0.15, 0.2) is 24.5 Å². The third-order valence-corrected chi connectivity index (χ3v) is 4.75. The summed E-state index contributed by atoms with van der Waals surface area (Å²) < 4.78 is 0. The SMILES string of the molecule is c1cncc(CNCCN2CCC3CCCCC32)c1. The predicted octanol–water partition coefficient (Wildman–Crippen LogP) is 2.44. The van der Waals surface area contributed by atoms with Crippen molar-refractivity contribution in [1.29, 1.82) is 0 Å². The largest absolute Gasteiger partial charge is 0.311 e. The number of nitrogens with zero attached hydrogens (tertiary/aromatic N) is 2. The Morgan fingerprint density at radius 2 is 2.21 bits per heavy atom. The Labute approximate surface area is 116 Å². The lowest BCUT2D eigenvalue weighted by molar-refractivity contribution is 0.183. The summed E-state index contributed by atoms with van der Waals surface area (Å²) >= 11 is 0. The van der Waals surface area contributed by atoms with Gasteiger partial charge in [-0.25, -0.2) is 0 Å². The molecule has 2 aliphatic rings. The molecule has 3 heteroatoms. The summed E-state index contributed by atoms with van der Waals surface area (Å²) in [5.74, 6) is 1.01. The molecular weight excluding hydrogens is 234 g/mol. The molecule has 1 N–H and O–H groups in total. The van der Waals surface area contributed by atoms with Crippen LogP contribution >= 0.6 is 0 Å². The van der Waals surface area contributed by atoms with E-state index in [0.717, 1.165) is 25.0 Å². The van der Waals surface area contributed by atoms with Crippen molar-refractivity contribution in [2.24, 2.45) is 5.92 Å². The van der Waals surface area contributed by atoms with Gasteiger partial charge in [-0.2, -0.15) is 0 Å². The van der Waals surface area contributed by atoms with Gasteiger partial charge in [-0.15, -0.1) is 0 Å². The molecule has 0 amide bonds. The maximum Gasteiger partial charge on any atom is 0.0312 e. The maximum atomic E-state index is 4.14. The van der Waals surface area contributed by atoms with E-state index in [1.54, 1.807) is 0 Å². The second-order valence-electron chi connectivity index (χ2n) is 5.97. The van der Waals surface area contributed by atoms with Crippen LogP contribution in [-0.2, 0) is 6.54 Å². The fraction of sp³-hybridized carbons (Fsp3) is 0.688. The minimum absolute atomic E-state index is 0.897. The van der Waals surface area contributed by atoms with Crippen LogP contribution in [0.3, 0.4) is 0 Å². The van der Waals surface area contributed by atoms with Gasteiger partial charge in [0.2, 0.25) is 0 Å². The molecule has 3 rings (SSSR count). The molecule has 1 saturated heterocycles. The fourth-order valence-corrected chi connectivity index (χ4v) is 3.74. The maximum absolute atomic E-state index is 4.14. The van der Waals surface area contributed by atoms with Crippen LogP contribution in [0.4, 0.5) is 0 Å². The summed E-state index contributed by atoms with van der Waals surface area (Å²) in [5.41, 5.74) is 1.28. The van der Waals surface area contributed by atoms with Crippen molar-refractivity contribution < 1.29 is 0 Å². The highest BCUT2D eigenvalue weighted by molar-refractivity contribution is 5.07. The van der Waals surface area contributed by atoms with Crippen LogP contribution in [0.5, 0.6) is 0 Å². The molecule has 2 heterocycles. The Hall–Kier alpha value is -0.930. The number of rotatable bonds is 5. The molecule has 1 aliphatic carbocycles. The van der Waals surface area contributed by atoms with Crippen molar-refractivity contribution in [1.82, 2.24) is 15.2 Å². The molecule has 2 unspecified atom stereocenters. The lowest BCUT2D eigenvalue weighted by Gasteiger charge is -2.31. The summed E-state index contributed by atoms with van der Waals surface area (Å²) in [4.78, 5) is 6.87. The van der Waals surface area contributed by atoms with Gasteiger partial charge in [0, 0.05) is 38.1 Å². The number of likely N-dealkylation sites (tertiary alicyclic amines) is 1. The second kappa shape index (κ2) is 6.49. The van der Waals surface area contributed by atoms with Gasteiger partial charge in [-0.05, 0) is 43.4 Å². The number of aromatic nitrogens is 1. The van der Waals surface area contributed by atoms with Gasteiger partial charge in [0.05, 0.1) is 0 Å². The zero-order valence-corrected chi connectivity index (χ0v) is 11.7. The molecule has 1 saturated carbocycles. The Kier molecular flexibility index (Phi) is 4.46. The molecule has 0 radical (unpaired) electrons. The van der Waals surface area contributed by atoms with Gasteiger partial charge in [0.1, 0.15) is 0 Å². The quantitative estimate of drug-likeness (QED) is 0.823. The first-order valence-corrected chi connectivity index (χ1v) is 7.77. The number of pyridine rings is 1. The van der Waals surface area contributed by atoms with Gasteiger partial charge in [0.15, 0.2) is 0 Å².